The number of carbonyl (C=O) groups is 1. The number of aromatic nitrogens is 3. The van der Waals surface area contributed by atoms with Gasteiger partial charge in [-0.2, -0.15) is 0 Å². The van der Waals surface area contributed by atoms with E-state index in [1.807, 2.05) is 36.4 Å². The van der Waals surface area contributed by atoms with Gasteiger partial charge in [0.05, 0.1) is 34.0 Å². The Hall–Kier alpha value is -3.89. The molecule has 38 heavy (non-hydrogen) atoms. The molecule has 1 amide bonds. The van der Waals surface area contributed by atoms with Crippen LogP contribution in [0.25, 0.3) is 22.3 Å². The van der Waals surface area contributed by atoms with Crippen LogP contribution in [0.4, 0.5) is 0 Å². The summed E-state index contributed by atoms with van der Waals surface area (Å²) < 4.78 is 29.8. The quantitative estimate of drug-likeness (QED) is 0.298. The van der Waals surface area contributed by atoms with Crippen molar-refractivity contribution in [1.82, 2.24) is 25.6 Å². The fraction of sp³-hybridized carbons (Fsp3) is 0.286. The lowest BCUT2D eigenvalue weighted by molar-refractivity contribution is 0.0950. The molecule has 0 spiro atoms. The maximum absolute atomic E-state index is 12.7. The van der Waals surface area contributed by atoms with Crippen LogP contribution in [-0.2, 0) is 16.4 Å². The van der Waals surface area contributed by atoms with Gasteiger partial charge < -0.3 is 15.4 Å². The fourth-order valence-electron chi connectivity index (χ4n) is 4.06. The zero-order valence-electron chi connectivity index (χ0n) is 21.3. The van der Waals surface area contributed by atoms with Crippen LogP contribution >= 0.6 is 0 Å². The minimum Gasteiger partial charge on any atom is -0.476 e. The first-order valence-corrected chi connectivity index (χ1v) is 14.3. The SMILES string of the molecule is Cc1ccc(C(=O)NCc2cc3nc(-c4cccc(OCCNC5CC5)n4)ccc3cn2)cc1S(C)(=O)=O. The molecule has 2 N–H and O–H groups in total. The van der Waals surface area contributed by atoms with Gasteiger partial charge >= 0.3 is 0 Å². The second-order valence-electron chi connectivity index (χ2n) is 9.44. The van der Waals surface area contributed by atoms with E-state index in [1.54, 1.807) is 25.3 Å². The summed E-state index contributed by atoms with van der Waals surface area (Å²) in [6.45, 7) is 3.21. The smallest absolute Gasteiger partial charge is 0.251 e. The summed E-state index contributed by atoms with van der Waals surface area (Å²) in [7, 11) is -3.43. The molecule has 196 valence electrons. The summed E-state index contributed by atoms with van der Waals surface area (Å²) in [5.74, 6) is 0.169. The molecule has 5 rings (SSSR count). The lowest BCUT2D eigenvalue weighted by Crippen LogP contribution is -2.23. The number of pyridine rings is 3. The number of benzene rings is 1. The first-order valence-electron chi connectivity index (χ1n) is 12.4. The minimum atomic E-state index is -3.43. The molecule has 0 saturated heterocycles. The number of hydrogen-bond acceptors (Lipinski definition) is 8. The second-order valence-corrected chi connectivity index (χ2v) is 11.4. The molecule has 1 aliphatic carbocycles. The highest BCUT2D eigenvalue weighted by Gasteiger charge is 2.19. The van der Waals surface area contributed by atoms with Crippen LogP contribution in [0.1, 0.15) is 34.5 Å². The highest BCUT2D eigenvalue weighted by Crippen LogP contribution is 2.22. The van der Waals surface area contributed by atoms with Crippen LogP contribution < -0.4 is 15.4 Å². The van der Waals surface area contributed by atoms with Gasteiger partial charge in [-0.25, -0.2) is 18.4 Å². The van der Waals surface area contributed by atoms with E-state index in [-0.39, 0.29) is 22.9 Å². The lowest BCUT2D eigenvalue weighted by Gasteiger charge is -2.10. The third-order valence-electron chi connectivity index (χ3n) is 6.26. The molecule has 1 saturated carbocycles. The van der Waals surface area contributed by atoms with E-state index in [1.165, 1.54) is 18.9 Å². The van der Waals surface area contributed by atoms with E-state index < -0.39 is 9.84 Å². The number of amides is 1. The summed E-state index contributed by atoms with van der Waals surface area (Å²) >= 11 is 0. The fourth-order valence-corrected chi connectivity index (χ4v) is 5.05. The van der Waals surface area contributed by atoms with E-state index in [0.717, 1.165) is 23.7 Å². The highest BCUT2D eigenvalue weighted by molar-refractivity contribution is 7.90. The van der Waals surface area contributed by atoms with Crippen molar-refractivity contribution in [3.05, 3.63) is 77.6 Å². The van der Waals surface area contributed by atoms with Gasteiger partial charge in [-0.1, -0.05) is 12.1 Å². The van der Waals surface area contributed by atoms with Crippen LogP contribution in [0.5, 0.6) is 5.88 Å². The van der Waals surface area contributed by atoms with Crippen LogP contribution in [-0.4, -0.2) is 54.7 Å². The zero-order chi connectivity index (χ0) is 26.7. The maximum Gasteiger partial charge on any atom is 0.251 e. The number of carbonyl (C=O) groups excluding carboxylic acids is 1. The number of nitrogens with one attached hydrogen (secondary N) is 2. The number of nitrogens with zero attached hydrogens (tertiary/aromatic N) is 3. The number of aryl methyl sites for hydroxylation is 1. The molecule has 10 heteroatoms. The summed E-state index contributed by atoms with van der Waals surface area (Å²) in [6, 6.07) is 16.5. The molecular formula is C28H29N5O4S. The standard InChI is InChI=1S/C28H29N5O4S/c1-18-6-7-19(14-26(18)38(2,35)36)28(34)31-17-22-15-25-20(16-30-22)8-11-24(32-25)23-4-3-5-27(33-23)37-13-12-29-21-9-10-21/h3-8,11,14-16,21,29H,9-10,12-13,17H2,1-2H3,(H,31,34). The van der Waals surface area contributed by atoms with E-state index in [0.29, 0.717) is 41.2 Å². The summed E-state index contributed by atoms with van der Waals surface area (Å²) in [5.41, 5.74) is 3.62. The van der Waals surface area contributed by atoms with Crippen molar-refractivity contribution >= 4 is 26.6 Å². The van der Waals surface area contributed by atoms with Crippen LogP contribution in [0.15, 0.2) is 65.7 Å². The Labute approximate surface area is 221 Å². The zero-order valence-corrected chi connectivity index (χ0v) is 22.1. The molecule has 0 unspecified atom stereocenters. The molecule has 0 radical (unpaired) electrons. The van der Waals surface area contributed by atoms with E-state index >= 15 is 0 Å². The third-order valence-corrected chi connectivity index (χ3v) is 7.50. The monoisotopic (exact) mass is 531 g/mol. The first kappa shape index (κ1) is 25.7. The minimum absolute atomic E-state index is 0.142. The summed E-state index contributed by atoms with van der Waals surface area (Å²) in [4.78, 5) is 26.6. The van der Waals surface area contributed by atoms with E-state index in [4.69, 9.17) is 9.72 Å². The van der Waals surface area contributed by atoms with Gasteiger partial charge in [0.25, 0.3) is 5.91 Å². The second kappa shape index (κ2) is 10.8. The highest BCUT2D eigenvalue weighted by atomic mass is 32.2. The Morgan fingerprint density at radius 3 is 2.66 bits per heavy atom. The predicted molar refractivity (Wildman–Crippen MR) is 145 cm³/mol. The Kier molecular flexibility index (Phi) is 7.35. The van der Waals surface area contributed by atoms with Gasteiger partial charge in [-0.3, -0.25) is 9.78 Å². The van der Waals surface area contributed by atoms with Gasteiger partial charge in [-0.15, -0.1) is 0 Å². The number of fused-ring (bicyclic) bond motifs is 1. The molecule has 4 aromatic rings. The van der Waals surface area contributed by atoms with Crippen molar-refractivity contribution in [3.8, 4) is 17.3 Å². The Bertz CT molecular complexity index is 1600. The lowest BCUT2D eigenvalue weighted by atomic mass is 10.1. The van der Waals surface area contributed by atoms with Crippen molar-refractivity contribution in [3.63, 3.8) is 0 Å². The van der Waals surface area contributed by atoms with Crippen molar-refractivity contribution < 1.29 is 17.9 Å². The summed E-state index contributed by atoms with van der Waals surface area (Å²) in [5, 5.41) is 7.08. The molecule has 1 fully saturated rings. The first-order chi connectivity index (χ1) is 18.3. The van der Waals surface area contributed by atoms with Crippen molar-refractivity contribution in [2.24, 2.45) is 0 Å². The molecule has 0 bridgehead atoms. The Morgan fingerprint density at radius 1 is 1.05 bits per heavy atom. The van der Waals surface area contributed by atoms with Crippen LogP contribution in [0.2, 0.25) is 0 Å². The van der Waals surface area contributed by atoms with Crippen molar-refractivity contribution in [2.45, 2.75) is 37.2 Å². The van der Waals surface area contributed by atoms with E-state index in [2.05, 4.69) is 20.6 Å². The average molecular weight is 532 g/mol. The molecule has 9 nitrogen and oxygen atoms in total. The Morgan fingerprint density at radius 2 is 1.87 bits per heavy atom. The molecule has 3 heterocycles. The van der Waals surface area contributed by atoms with Gasteiger partial charge in [0.2, 0.25) is 5.88 Å². The number of hydrogen-bond donors (Lipinski definition) is 2. The van der Waals surface area contributed by atoms with Crippen LogP contribution in [0.3, 0.4) is 0 Å². The average Bonchev–Trinajstić information content (AvgIpc) is 3.73. The largest absolute Gasteiger partial charge is 0.476 e. The van der Waals surface area contributed by atoms with E-state index in [9.17, 15) is 13.2 Å². The number of rotatable bonds is 10. The van der Waals surface area contributed by atoms with Crippen molar-refractivity contribution in [1.29, 1.82) is 0 Å². The van der Waals surface area contributed by atoms with Crippen molar-refractivity contribution in [2.75, 3.05) is 19.4 Å². The number of sulfone groups is 1. The topological polar surface area (TPSA) is 123 Å². The normalized spacial score (nSPS) is 13.4. The Balaban J connectivity index is 1.27. The maximum atomic E-state index is 12.7. The summed E-state index contributed by atoms with van der Waals surface area (Å²) in [6.07, 6.45) is 5.32. The predicted octanol–water partition coefficient (Wildman–Crippen LogP) is 3.46. The molecule has 1 aliphatic rings. The molecule has 1 aromatic carbocycles. The third kappa shape index (κ3) is 6.32. The molecule has 0 atom stereocenters. The van der Waals surface area contributed by atoms with Gasteiger partial charge in [0, 0.05) is 42.1 Å². The van der Waals surface area contributed by atoms with Crippen LogP contribution in [0, 0.1) is 6.92 Å². The van der Waals surface area contributed by atoms with Gasteiger partial charge in [0.1, 0.15) is 6.61 Å². The number of ether oxygens (including phenoxy) is 1. The molecule has 0 aliphatic heterocycles. The molecule has 3 aromatic heterocycles. The van der Waals surface area contributed by atoms with Gasteiger partial charge in [0.15, 0.2) is 9.84 Å². The molecular weight excluding hydrogens is 502 g/mol. The van der Waals surface area contributed by atoms with Gasteiger partial charge in [-0.05, 0) is 61.7 Å².